The molecule has 0 amide bonds. The number of esters is 1. The third-order valence-corrected chi connectivity index (χ3v) is 4.13. The zero-order valence-electron chi connectivity index (χ0n) is 13.7. The number of pyridine rings is 1. The number of nitrogens with zero attached hydrogens (tertiary/aromatic N) is 1. The highest BCUT2D eigenvalue weighted by molar-refractivity contribution is 6.35. The number of aromatic nitrogens is 1. The number of hydrogen-bond acceptors (Lipinski definition) is 5. The smallest absolute Gasteiger partial charge is 0.358 e. The molecular weight excluding hydrogens is 370 g/mol. The summed E-state index contributed by atoms with van der Waals surface area (Å²) in [7, 11) is 1.19. The fourth-order valence-corrected chi connectivity index (χ4v) is 2.47. The molecule has 0 aliphatic carbocycles. The van der Waals surface area contributed by atoms with Crippen molar-refractivity contribution in [1.29, 1.82) is 0 Å². The number of hydrogen-bond donors (Lipinski definition) is 1. The highest BCUT2D eigenvalue weighted by Crippen LogP contribution is 2.36. The van der Waals surface area contributed by atoms with Crippen LogP contribution >= 0.6 is 23.2 Å². The van der Waals surface area contributed by atoms with Gasteiger partial charge in [0.25, 0.3) is 0 Å². The van der Waals surface area contributed by atoms with Crippen LogP contribution in [0.25, 0.3) is 11.3 Å². The molecule has 0 saturated carbocycles. The number of halogens is 3. The van der Waals surface area contributed by atoms with Gasteiger partial charge in [-0.3, -0.25) is 0 Å². The van der Waals surface area contributed by atoms with E-state index in [1.165, 1.54) is 25.3 Å². The van der Waals surface area contributed by atoms with E-state index in [4.69, 9.17) is 33.7 Å². The molecule has 2 rings (SSSR count). The van der Waals surface area contributed by atoms with E-state index >= 15 is 0 Å². The van der Waals surface area contributed by atoms with E-state index in [1.54, 1.807) is 0 Å². The van der Waals surface area contributed by atoms with Gasteiger partial charge in [0.05, 0.1) is 35.1 Å². The average molecular weight is 387 g/mol. The number of carbonyl (C=O) groups is 1. The van der Waals surface area contributed by atoms with Gasteiger partial charge in [0.15, 0.2) is 17.3 Å². The molecule has 0 radical (unpaired) electrons. The Bertz CT molecular complexity index is 800. The molecule has 2 N–H and O–H groups in total. The normalized spacial score (nSPS) is 10.6. The van der Waals surface area contributed by atoms with Gasteiger partial charge in [-0.15, -0.1) is 0 Å². The summed E-state index contributed by atoms with van der Waals surface area (Å²) in [5, 5.41) is 0.0943. The second kappa shape index (κ2) is 8.36. The molecule has 1 heterocycles. The Balaban J connectivity index is 2.53. The highest BCUT2D eigenvalue weighted by atomic mass is 35.5. The molecule has 25 heavy (non-hydrogen) atoms. The second-order valence-corrected chi connectivity index (χ2v) is 5.98. The molecule has 2 aromatic rings. The lowest BCUT2D eigenvalue weighted by atomic mass is 10.1. The molecule has 1 aromatic carbocycles. The zero-order chi connectivity index (χ0) is 18.6. The van der Waals surface area contributed by atoms with Gasteiger partial charge in [-0.25, -0.2) is 14.2 Å². The van der Waals surface area contributed by atoms with E-state index in [-0.39, 0.29) is 38.4 Å². The topological polar surface area (TPSA) is 74.4 Å². The van der Waals surface area contributed by atoms with Crippen LogP contribution in [0.4, 0.5) is 10.1 Å². The first-order valence-corrected chi connectivity index (χ1v) is 8.31. The maximum Gasteiger partial charge on any atom is 0.358 e. The molecule has 0 spiro atoms. The summed E-state index contributed by atoms with van der Waals surface area (Å²) in [6.45, 7) is 2.33. The number of ether oxygens (including phenoxy) is 2. The third-order valence-electron chi connectivity index (χ3n) is 3.43. The third kappa shape index (κ3) is 4.14. The Hall–Kier alpha value is -2.05. The highest BCUT2D eigenvalue weighted by Gasteiger charge is 2.21. The summed E-state index contributed by atoms with van der Waals surface area (Å²) in [4.78, 5) is 15.9. The summed E-state index contributed by atoms with van der Waals surface area (Å²) in [5.74, 6) is -1.52. The minimum absolute atomic E-state index is 0.0515. The van der Waals surface area contributed by atoms with Crippen molar-refractivity contribution in [3.8, 4) is 17.0 Å². The number of carbonyl (C=O) groups excluding carboxylic acids is 1. The Labute approximate surface area is 154 Å². The van der Waals surface area contributed by atoms with Crippen molar-refractivity contribution < 1.29 is 18.7 Å². The van der Waals surface area contributed by atoms with Crippen LogP contribution < -0.4 is 10.5 Å². The van der Waals surface area contributed by atoms with E-state index in [0.717, 1.165) is 12.8 Å². The molecule has 0 unspecified atom stereocenters. The first-order chi connectivity index (χ1) is 11.9. The summed E-state index contributed by atoms with van der Waals surface area (Å²) in [6.07, 6.45) is 1.66. The minimum Gasteiger partial charge on any atom is -0.489 e. The lowest BCUT2D eigenvalue weighted by Gasteiger charge is -2.13. The van der Waals surface area contributed by atoms with Crippen LogP contribution in [0.2, 0.25) is 10.0 Å². The van der Waals surface area contributed by atoms with E-state index in [9.17, 15) is 9.18 Å². The minimum atomic E-state index is -0.771. The number of anilines is 1. The lowest BCUT2D eigenvalue weighted by molar-refractivity contribution is 0.0594. The molecule has 8 heteroatoms. The quantitative estimate of drug-likeness (QED) is 0.572. The first kappa shape index (κ1) is 19.3. The maximum absolute atomic E-state index is 14.9. The van der Waals surface area contributed by atoms with Crippen molar-refractivity contribution in [2.75, 3.05) is 19.5 Å². The SMILES string of the molecule is CCCCOc1c(Cl)ccc(-c2cc(N)c(Cl)c(C(=O)OC)n2)c1F. The predicted octanol–water partition coefficient (Wildman–Crippen LogP) is 4.74. The van der Waals surface area contributed by atoms with Crippen LogP contribution in [0.15, 0.2) is 18.2 Å². The molecule has 0 fully saturated rings. The molecule has 5 nitrogen and oxygen atoms in total. The number of nitrogen functional groups attached to an aromatic ring is 1. The zero-order valence-corrected chi connectivity index (χ0v) is 15.2. The fourth-order valence-electron chi connectivity index (χ4n) is 2.10. The van der Waals surface area contributed by atoms with E-state index in [1.807, 2.05) is 6.92 Å². The molecule has 134 valence electrons. The summed E-state index contributed by atoms with van der Waals surface area (Å²) >= 11 is 12.0. The van der Waals surface area contributed by atoms with Crippen molar-refractivity contribution in [2.45, 2.75) is 19.8 Å². The van der Waals surface area contributed by atoms with Gasteiger partial charge in [0.2, 0.25) is 0 Å². The van der Waals surface area contributed by atoms with Crippen LogP contribution in [0.5, 0.6) is 5.75 Å². The van der Waals surface area contributed by atoms with Crippen molar-refractivity contribution >= 4 is 34.9 Å². The molecule has 0 bridgehead atoms. The van der Waals surface area contributed by atoms with Gasteiger partial charge >= 0.3 is 5.97 Å². The van der Waals surface area contributed by atoms with Gasteiger partial charge in [-0.05, 0) is 24.6 Å². The number of benzene rings is 1. The fraction of sp³-hybridized carbons (Fsp3) is 0.294. The van der Waals surface area contributed by atoms with Crippen LogP contribution in [0.3, 0.4) is 0 Å². The standard InChI is InChI=1S/C17H17Cl2FN2O3/c1-3-4-7-25-16-10(18)6-5-9(14(16)20)12-8-11(21)13(19)15(22-12)17(23)24-2/h5-6,8H,3-4,7H2,1-2H3,(H2,21,22). The van der Waals surface area contributed by atoms with Gasteiger partial charge in [-0.1, -0.05) is 36.5 Å². The second-order valence-electron chi connectivity index (χ2n) is 5.19. The lowest BCUT2D eigenvalue weighted by Crippen LogP contribution is -2.08. The van der Waals surface area contributed by atoms with Crippen LogP contribution in [0.1, 0.15) is 30.3 Å². The van der Waals surface area contributed by atoms with Crippen molar-refractivity contribution in [3.05, 3.63) is 39.8 Å². The summed E-state index contributed by atoms with van der Waals surface area (Å²) in [6, 6.07) is 4.30. The van der Waals surface area contributed by atoms with Gasteiger partial charge in [-0.2, -0.15) is 0 Å². The molecule has 0 atom stereocenters. The number of nitrogens with two attached hydrogens (primary N) is 1. The summed E-state index contributed by atoms with van der Waals surface area (Å²) in [5.41, 5.74) is 5.90. The van der Waals surface area contributed by atoms with Crippen molar-refractivity contribution in [3.63, 3.8) is 0 Å². The van der Waals surface area contributed by atoms with E-state index in [2.05, 4.69) is 9.72 Å². The number of unbranched alkanes of at least 4 members (excludes halogenated alkanes) is 1. The van der Waals surface area contributed by atoms with Crippen molar-refractivity contribution in [2.24, 2.45) is 0 Å². The Morgan fingerprint density at radius 1 is 1.36 bits per heavy atom. The first-order valence-electron chi connectivity index (χ1n) is 7.56. The molecule has 1 aromatic heterocycles. The average Bonchev–Trinajstić information content (AvgIpc) is 2.59. The van der Waals surface area contributed by atoms with Crippen LogP contribution in [-0.2, 0) is 4.74 Å². The Kier molecular flexibility index (Phi) is 6.45. The largest absolute Gasteiger partial charge is 0.489 e. The van der Waals surface area contributed by atoms with Crippen LogP contribution in [-0.4, -0.2) is 24.7 Å². The van der Waals surface area contributed by atoms with Crippen LogP contribution in [0, 0.1) is 5.82 Å². The summed E-state index contributed by atoms with van der Waals surface area (Å²) < 4.78 is 24.9. The van der Waals surface area contributed by atoms with E-state index < -0.39 is 11.8 Å². The molecular formula is C17H17Cl2FN2O3. The monoisotopic (exact) mass is 386 g/mol. The van der Waals surface area contributed by atoms with E-state index in [0.29, 0.717) is 6.61 Å². The van der Waals surface area contributed by atoms with Gasteiger partial charge in [0, 0.05) is 5.56 Å². The van der Waals surface area contributed by atoms with Crippen molar-refractivity contribution in [1.82, 2.24) is 4.98 Å². The molecule has 0 aliphatic rings. The van der Waals surface area contributed by atoms with Gasteiger partial charge in [0.1, 0.15) is 0 Å². The van der Waals surface area contributed by atoms with Gasteiger partial charge < -0.3 is 15.2 Å². The maximum atomic E-state index is 14.9. The Morgan fingerprint density at radius 3 is 2.72 bits per heavy atom. The molecule has 0 saturated heterocycles. The molecule has 0 aliphatic heterocycles. The number of methoxy groups -OCH3 is 1. The number of rotatable bonds is 6. The predicted molar refractivity (Wildman–Crippen MR) is 95.8 cm³/mol. The Morgan fingerprint density at radius 2 is 2.08 bits per heavy atom.